The van der Waals surface area contributed by atoms with Crippen LogP contribution < -0.4 is 4.74 Å². The first-order chi connectivity index (χ1) is 8.51. The fourth-order valence-corrected chi connectivity index (χ4v) is 2.17. The second-order valence-electron chi connectivity index (χ2n) is 4.52. The molecule has 4 heteroatoms. The van der Waals surface area contributed by atoms with Gasteiger partial charge in [-0.15, -0.1) is 0 Å². The third kappa shape index (κ3) is 3.38. The van der Waals surface area contributed by atoms with Crippen LogP contribution in [0.5, 0.6) is 5.75 Å². The van der Waals surface area contributed by atoms with Crippen LogP contribution in [-0.4, -0.2) is 26.1 Å². The normalized spacial score (nSPS) is 12.3. The van der Waals surface area contributed by atoms with E-state index < -0.39 is 0 Å². The van der Waals surface area contributed by atoms with Crippen molar-refractivity contribution in [2.75, 3.05) is 21.2 Å². The Morgan fingerprint density at radius 1 is 1.44 bits per heavy atom. The molecule has 98 valence electrons. The number of halogens is 1. The fourth-order valence-electron chi connectivity index (χ4n) is 2.00. The first-order valence-electron chi connectivity index (χ1n) is 5.88. The summed E-state index contributed by atoms with van der Waals surface area (Å²) in [6.45, 7) is 1.95. The molecule has 0 aliphatic carbocycles. The Hall–Kier alpha value is -1.24. The monoisotopic (exact) mass is 266 g/mol. The maximum Gasteiger partial charge on any atom is 0.124 e. The van der Waals surface area contributed by atoms with Crippen molar-refractivity contribution in [3.8, 4) is 11.8 Å². The van der Waals surface area contributed by atoms with Crippen LogP contribution in [0, 0.1) is 18.3 Å². The predicted molar refractivity (Wildman–Crippen MR) is 74.0 cm³/mol. The van der Waals surface area contributed by atoms with Gasteiger partial charge in [0.05, 0.1) is 13.2 Å². The minimum Gasteiger partial charge on any atom is -0.496 e. The molecule has 1 atom stereocenters. The van der Waals surface area contributed by atoms with Crippen LogP contribution in [0.4, 0.5) is 0 Å². The van der Waals surface area contributed by atoms with Crippen molar-refractivity contribution in [3.05, 3.63) is 28.3 Å². The Kier molecular flexibility index (Phi) is 5.46. The van der Waals surface area contributed by atoms with Crippen LogP contribution in [0.3, 0.4) is 0 Å². The van der Waals surface area contributed by atoms with Crippen molar-refractivity contribution in [1.29, 1.82) is 5.26 Å². The average Bonchev–Trinajstić information content (AvgIpc) is 2.33. The lowest BCUT2D eigenvalue weighted by Gasteiger charge is -2.26. The van der Waals surface area contributed by atoms with E-state index in [9.17, 15) is 0 Å². The minimum atomic E-state index is 0.137. The Bertz CT molecular complexity index is 452. The Morgan fingerprint density at radius 2 is 2.11 bits per heavy atom. The molecule has 0 aromatic heterocycles. The molecule has 0 aliphatic heterocycles. The summed E-state index contributed by atoms with van der Waals surface area (Å²) in [4.78, 5) is 2.08. The van der Waals surface area contributed by atoms with Gasteiger partial charge in [-0.2, -0.15) is 5.26 Å². The molecule has 3 nitrogen and oxygen atoms in total. The van der Waals surface area contributed by atoms with E-state index in [0.717, 1.165) is 28.3 Å². The standard InChI is InChI=1S/C14H19ClN2O/c1-10-8-14(18-4)11(9-12(10)15)13(17(2)3)6-5-7-16/h8-9,13H,5-6H2,1-4H3. The number of hydrogen-bond acceptors (Lipinski definition) is 3. The summed E-state index contributed by atoms with van der Waals surface area (Å²) in [7, 11) is 5.65. The van der Waals surface area contributed by atoms with Crippen molar-refractivity contribution in [2.24, 2.45) is 0 Å². The number of benzene rings is 1. The van der Waals surface area contributed by atoms with Gasteiger partial charge in [-0.3, -0.25) is 0 Å². The molecular formula is C14H19ClN2O. The lowest BCUT2D eigenvalue weighted by molar-refractivity contribution is 0.276. The highest BCUT2D eigenvalue weighted by Gasteiger charge is 2.19. The number of rotatable bonds is 5. The molecule has 0 radical (unpaired) electrons. The van der Waals surface area contributed by atoms with Gasteiger partial charge in [-0.1, -0.05) is 11.6 Å². The summed E-state index contributed by atoms with van der Waals surface area (Å²) in [5.74, 6) is 0.827. The molecule has 0 aliphatic rings. The lowest BCUT2D eigenvalue weighted by Crippen LogP contribution is -2.20. The van der Waals surface area contributed by atoms with Crippen LogP contribution in [0.1, 0.15) is 30.0 Å². The molecule has 0 fully saturated rings. The molecule has 0 spiro atoms. The lowest BCUT2D eigenvalue weighted by atomic mass is 9.99. The summed E-state index contributed by atoms with van der Waals surface area (Å²) in [5, 5.41) is 9.47. The first kappa shape index (κ1) is 14.8. The minimum absolute atomic E-state index is 0.137. The third-order valence-corrected chi connectivity index (χ3v) is 3.43. The van der Waals surface area contributed by atoms with Crippen molar-refractivity contribution < 1.29 is 4.74 Å². The zero-order valence-corrected chi connectivity index (χ0v) is 12.1. The van der Waals surface area contributed by atoms with Gasteiger partial charge in [-0.05, 0) is 45.1 Å². The van der Waals surface area contributed by atoms with E-state index in [2.05, 4.69) is 11.0 Å². The maximum atomic E-state index is 8.74. The largest absolute Gasteiger partial charge is 0.496 e. The van der Waals surface area contributed by atoms with E-state index in [4.69, 9.17) is 21.6 Å². The second kappa shape index (κ2) is 6.63. The third-order valence-electron chi connectivity index (χ3n) is 3.02. The summed E-state index contributed by atoms with van der Waals surface area (Å²) < 4.78 is 5.42. The zero-order chi connectivity index (χ0) is 13.7. The second-order valence-corrected chi connectivity index (χ2v) is 4.93. The van der Waals surface area contributed by atoms with E-state index in [1.54, 1.807) is 7.11 Å². The number of hydrogen-bond donors (Lipinski definition) is 0. The SMILES string of the molecule is COc1cc(C)c(Cl)cc1C(CCC#N)N(C)C. The van der Waals surface area contributed by atoms with Gasteiger partial charge in [0.15, 0.2) is 0 Å². The molecule has 0 amide bonds. The molecular weight excluding hydrogens is 248 g/mol. The number of nitriles is 1. The smallest absolute Gasteiger partial charge is 0.124 e. The highest BCUT2D eigenvalue weighted by Crippen LogP contribution is 2.35. The van der Waals surface area contributed by atoms with Gasteiger partial charge in [-0.25, -0.2) is 0 Å². The number of aryl methyl sites for hydroxylation is 1. The molecule has 1 aromatic carbocycles. The first-order valence-corrected chi connectivity index (χ1v) is 6.26. The number of ether oxygens (including phenoxy) is 1. The van der Waals surface area contributed by atoms with E-state index in [-0.39, 0.29) is 6.04 Å². The molecule has 0 bridgehead atoms. The van der Waals surface area contributed by atoms with Gasteiger partial charge in [0, 0.05) is 23.0 Å². The maximum absolute atomic E-state index is 8.74. The molecule has 1 rings (SSSR count). The summed E-state index contributed by atoms with van der Waals surface area (Å²) in [6, 6.07) is 6.21. The molecule has 0 saturated heterocycles. The van der Waals surface area contributed by atoms with Crippen LogP contribution in [-0.2, 0) is 0 Å². The summed E-state index contributed by atoms with van der Waals surface area (Å²) in [6.07, 6.45) is 1.27. The zero-order valence-electron chi connectivity index (χ0n) is 11.3. The number of nitrogens with zero attached hydrogens (tertiary/aromatic N) is 2. The molecule has 0 N–H and O–H groups in total. The van der Waals surface area contributed by atoms with E-state index in [1.807, 2.05) is 33.2 Å². The molecule has 1 unspecified atom stereocenters. The van der Waals surface area contributed by atoms with Crippen LogP contribution in [0.15, 0.2) is 12.1 Å². The van der Waals surface area contributed by atoms with Gasteiger partial charge in [0.25, 0.3) is 0 Å². The van der Waals surface area contributed by atoms with E-state index in [0.29, 0.717) is 6.42 Å². The molecule has 0 heterocycles. The van der Waals surface area contributed by atoms with Crippen LogP contribution in [0.2, 0.25) is 5.02 Å². The van der Waals surface area contributed by atoms with E-state index in [1.165, 1.54) is 0 Å². The molecule has 1 aromatic rings. The predicted octanol–water partition coefficient (Wildman–Crippen LogP) is 3.56. The van der Waals surface area contributed by atoms with Crippen molar-refractivity contribution in [2.45, 2.75) is 25.8 Å². The topological polar surface area (TPSA) is 36.3 Å². The Morgan fingerprint density at radius 3 is 2.61 bits per heavy atom. The summed E-state index contributed by atoms with van der Waals surface area (Å²) >= 11 is 6.19. The van der Waals surface area contributed by atoms with Gasteiger partial charge >= 0.3 is 0 Å². The fraction of sp³-hybridized carbons (Fsp3) is 0.500. The number of methoxy groups -OCH3 is 1. The van der Waals surface area contributed by atoms with Crippen LogP contribution >= 0.6 is 11.6 Å². The highest BCUT2D eigenvalue weighted by molar-refractivity contribution is 6.31. The highest BCUT2D eigenvalue weighted by atomic mass is 35.5. The van der Waals surface area contributed by atoms with Gasteiger partial charge in [0.2, 0.25) is 0 Å². The van der Waals surface area contributed by atoms with Crippen molar-refractivity contribution >= 4 is 11.6 Å². The van der Waals surface area contributed by atoms with Crippen molar-refractivity contribution in [1.82, 2.24) is 4.90 Å². The van der Waals surface area contributed by atoms with Crippen molar-refractivity contribution in [3.63, 3.8) is 0 Å². The van der Waals surface area contributed by atoms with Gasteiger partial charge < -0.3 is 9.64 Å². The molecule has 0 saturated carbocycles. The Labute approximate surface area is 114 Å². The average molecular weight is 267 g/mol. The molecule has 18 heavy (non-hydrogen) atoms. The quantitative estimate of drug-likeness (QED) is 0.818. The van der Waals surface area contributed by atoms with Crippen LogP contribution in [0.25, 0.3) is 0 Å². The summed E-state index contributed by atoms with van der Waals surface area (Å²) in [5.41, 5.74) is 2.03. The van der Waals surface area contributed by atoms with E-state index >= 15 is 0 Å². The van der Waals surface area contributed by atoms with Gasteiger partial charge in [0.1, 0.15) is 5.75 Å². The Balaban J connectivity index is 3.18.